The number of ketones is 1. The first kappa shape index (κ1) is 29.3. The van der Waals surface area contributed by atoms with E-state index in [1.807, 2.05) is 0 Å². The molecule has 218 valence electrons. The van der Waals surface area contributed by atoms with Crippen LogP contribution in [0.1, 0.15) is 127 Å². The van der Waals surface area contributed by atoms with Gasteiger partial charge in [-0.2, -0.15) is 0 Å². The number of halogens is 1. The molecular formula is C34H51ClO4. The second-order valence-corrected chi connectivity index (χ2v) is 16.5. The van der Waals surface area contributed by atoms with Gasteiger partial charge in [-0.05, 0) is 108 Å². The van der Waals surface area contributed by atoms with Gasteiger partial charge < -0.3 is 4.74 Å². The third-order valence-electron chi connectivity index (χ3n) is 14.3. The number of hydrogen-bond acceptors (Lipinski definition) is 4. The van der Waals surface area contributed by atoms with Crippen molar-refractivity contribution >= 4 is 28.6 Å². The van der Waals surface area contributed by atoms with Crippen molar-refractivity contribution in [2.45, 2.75) is 133 Å². The smallest absolute Gasteiger partial charge is 0.302 e. The topological polar surface area (TPSA) is 60.4 Å². The first-order chi connectivity index (χ1) is 17.9. The Labute approximate surface area is 241 Å². The molecule has 5 aliphatic rings. The molecule has 0 unspecified atom stereocenters. The minimum absolute atomic E-state index is 0.0281. The molecule has 0 heterocycles. The molecule has 0 amide bonds. The van der Waals surface area contributed by atoms with Crippen LogP contribution in [0, 0.1) is 50.2 Å². The second-order valence-electron chi connectivity index (χ2n) is 16.0. The maximum atomic E-state index is 13.5. The van der Waals surface area contributed by atoms with Gasteiger partial charge in [-0.3, -0.25) is 14.4 Å². The van der Waals surface area contributed by atoms with Crippen LogP contribution >= 0.6 is 11.6 Å². The van der Waals surface area contributed by atoms with Crippen LogP contribution in [0.3, 0.4) is 0 Å². The number of allylic oxidation sites excluding steroid dienone is 2. The van der Waals surface area contributed by atoms with Crippen LogP contribution in [0.5, 0.6) is 0 Å². The van der Waals surface area contributed by atoms with E-state index in [4.69, 9.17) is 16.3 Å². The fourth-order valence-corrected chi connectivity index (χ4v) is 12.3. The van der Waals surface area contributed by atoms with Crippen LogP contribution in [0.2, 0.25) is 0 Å². The highest BCUT2D eigenvalue weighted by molar-refractivity contribution is 6.63. The zero-order valence-electron chi connectivity index (χ0n) is 25.9. The zero-order chi connectivity index (χ0) is 29.0. The molecule has 0 saturated heterocycles. The van der Waals surface area contributed by atoms with Gasteiger partial charge in [0.15, 0.2) is 5.78 Å². The molecule has 8 atom stereocenters. The standard InChI is InChI=1S/C34H51ClO4/c1-20(2)27-23(37)18-34(19-26(35)38)17-16-30(6)22(28(27)34)10-14-33(9)31(7)13-12-25(39-21(3)36)29(4,5)24(31)11-15-32(30,33)8/h20,22,24-25H,10-19H2,1-9H3/t22-,24+,25+,30-,31+,32+,33-,34+/m1/s1. The summed E-state index contributed by atoms with van der Waals surface area (Å²) < 4.78 is 5.92. The molecule has 0 aliphatic heterocycles. The number of ether oxygens (including phenoxy) is 1. The summed E-state index contributed by atoms with van der Waals surface area (Å²) in [6.45, 7) is 20.8. The van der Waals surface area contributed by atoms with Crippen molar-refractivity contribution in [3.63, 3.8) is 0 Å². The molecule has 5 heteroatoms. The Bertz CT molecular complexity index is 1140. The Morgan fingerprint density at radius 1 is 0.897 bits per heavy atom. The maximum Gasteiger partial charge on any atom is 0.302 e. The average Bonchev–Trinajstić information content (AvgIpc) is 3.09. The van der Waals surface area contributed by atoms with Crippen molar-refractivity contribution < 1.29 is 19.1 Å². The first-order valence-electron chi connectivity index (χ1n) is 15.5. The molecule has 0 aromatic rings. The van der Waals surface area contributed by atoms with Crippen molar-refractivity contribution in [3.8, 4) is 0 Å². The van der Waals surface area contributed by atoms with E-state index in [0.29, 0.717) is 18.3 Å². The van der Waals surface area contributed by atoms with Gasteiger partial charge in [0.05, 0.1) is 0 Å². The molecule has 0 bridgehead atoms. The quantitative estimate of drug-likeness (QED) is 0.256. The molecule has 0 aromatic carbocycles. The minimum Gasteiger partial charge on any atom is -0.462 e. The normalized spacial score (nSPS) is 46.7. The van der Waals surface area contributed by atoms with Crippen molar-refractivity contribution in [1.29, 1.82) is 0 Å². The average molecular weight is 559 g/mol. The molecule has 39 heavy (non-hydrogen) atoms. The van der Waals surface area contributed by atoms with E-state index in [-0.39, 0.29) is 67.9 Å². The van der Waals surface area contributed by atoms with E-state index >= 15 is 0 Å². The predicted octanol–water partition coefficient (Wildman–Crippen LogP) is 8.44. The van der Waals surface area contributed by atoms with Crippen molar-refractivity contribution in [2.24, 2.45) is 50.2 Å². The van der Waals surface area contributed by atoms with Gasteiger partial charge >= 0.3 is 5.97 Å². The number of carbonyl (C=O) groups excluding carboxylic acids is 3. The summed E-state index contributed by atoms with van der Waals surface area (Å²) in [6, 6.07) is 0. The van der Waals surface area contributed by atoms with Gasteiger partial charge in [0.2, 0.25) is 5.24 Å². The molecular weight excluding hydrogens is 508 g/mol. The first-order valence-corrected chi connectivity index (χ1v) is 15.9. The minimum atomic E-state index is -0.380. The van der Waals surface area contributed by atoms with E-state index < -0.39 is 0 Å². The summed E-state index contributed by atoms with van der Waals surface area (Å²) in [5.74, 6) is 1.04. The summed E-state index contributed by atoms with van der Waals surface area (Å²) in [6.07, 6.45) is 9.10. The van der Waals surface area contributed by atoms with E-state index in [9.17, 15) is 14.4 Å². The van der Waals surface area contributed by atoms with Gasteiger partial charge in [0.1, 0.15) is 6.10 Å². The molecule has 4 saturated carbocycles. The molecule has 4 nitrogen and oxygen atoms in total. The highest BCUT2D eigenvalue weighted by Crippen LogP contribution is 2.81. The summed E-state index contributed by atoms with van der Waals surface area (Å²) in [5.41, 5.74) is 2.27. The van der Waals surface area contributed by atoms with Gasteiger partial charge in [0.25, 0.3) is 0 Å². The number of carbonyl (C=O) groups is 3. The lowest BCUT2D eigenvalue weighted by molar-refractivity contribution is -0.277. The summed E-state index contributed by atoms with van der Waals surface area (Å²) >= 11 is 6.08. The van der Waals surface area contributed by atoms with E-state index in [1.54, 1.807) is 6.92 Å². The summed E-state index contributed by atoms with van der Waals surface area (Å²) in [4.78, 5) is 37.9. The Morgan fingerprint density at radius 2 is 1.51 bits per heavy atom. The molecule has 0 aromatic heterocycles. The molecule has 0 spiro atoms. The third-order valence-corrected chi connectivity index (χ3v) is 14.4. The second kappa shape index (κ2) is 8.92. The SMILES string of the molecule is CC(=O)O[C@H]1CC[C@@]2(C)[C@@H](CC[C@]3(C)[C@]2(C)CC[C@@H]2C4=C(C(C)C)C(=O)C[C@]4(CC(=O)Cl)CC[C@]23C)C1(C)C. The number of esters is 1. The monoisotopic (exact) mass is 558 g/mol. The number of rotatable bonds is 4. The highest BCUT2D eigenvalue weighted by atomic mass is 35.5. The van der Waals surface area contributed by atoms with Gasteiger partial charge in [-0.1, -0.05) is 61.0 Å². The molecule has 5 aliphatic carbocycles. The lowest BCUT2D eigenvalue weighted by Crippen LogP contribution is -2.70. The van der Waals surface area contributed by atoms with E-state index in [1.165, 1.54) is 5.57 Å². The van der Waals surface area contributed by atoms with Crippen molar-refractivity contribution in [2.75, 3.05) is 0 Å². The van der Waals surface area contributed by atoms with Crippen LogP contribution in [-0.4, -0.2) is 23.1 Å². The molecule has 4 fully saturated rings. The lowest BCUT2D eigenvalue weighted by Gasteiger charge is -2.76. The van der Waals surface area contributed by atoms with Gasteiger partial charge in [-0.15, -0.1) is 0 Å². The van der Waals surface area contributed by atoms with Crippen LogP contribution in [-0.2, 0) is 19.1 Å². The van der Waals surface area contributed by atoms with Crippen LogP contribution in [0.15, 0.2) is 11.1 Å². The van der Waals surface area contributed by atoms with Crippen LogP contribution < -0.4 is 0 Å². The third kappa shape index (κ3) is 3.64. The Kier molecular flexibility index (Phi) is 6.71. The summed E-state index contributed by atoms with van der Waals surface area (Å²) in [7, 11) is 0. The maximum absolute atomic E-state index is 13.5. The molecule has 0 radical (unpaired) electrons. The lowest BCUT2D eigenvalue weighted by atomic mass is 9.28. The molecule has 0 N–H and O–H groups in total. The Morgan fingerprint density at radius 3 is 2.10 bits per heavy atom. The predicted molar refractivity (Wildman–Crippen MR) is 155 cm³/mol. The van der Waals surface area contributed by atoms with Gasteiger partial charge in [0, 0.05) is 30.6 Å². The highest BCUT2D eigenvalue weighted by Gasteiger charge is 2.74. The largest absolute Gasteiger partial charge is 0.462 e. The number of hydrogen-bond donors (Lipinski definition) is 0. The fraction of sp³-hybridized carbons (Fsp3) is 0.853. The van der Waals surface area contributed by atoms with Crippen LogP contribution in [0.25, 0.3) is 0 Å². The van der Waals surface area contributed by atoms with Crippen molar-refractivity contribution in [1.82, 2.24) is 0 Å². The van der Waals surface area contributed by atoms with Gasteiger partial charge in [-0.25, -0.2) is 0 Å². The Balaban J connectivity index is 1.60. The van der Waals surface area contributed by atoms with E-state index in [0.717, 1.165) is 56.9 Å². The Hall–Kier alpha value is -1.16. The van der Waals surface area contributed by atoms with Crippen LogP contribution in [0.4, 0.5) is 0 Å². The van der Waals surface area contributed by atoms with E-state index in [2.05, 4.69) is 55.4 Å². The number of Topliss-reactive ketones (excluding diaryl/α,β-unsaturated/α-hetero) is 1. The molecule has 5 rings (SSSR count). The van der Waals surface area contributed by atoms with Crippen molar-refractivity contribution in [3.05, 3.63) is 11.1 Å². The zero-order valence-corrected chi connectivity index (χ0v) is 26.6. The number of fused-ring (bicyclic) bond motifs is 7. The summed E-state index contributed by atoms with van der Waals surface area (Å²) in [5, 5.41) is -0.305. The fourth-order valence-electron chi connectivity index (χ4n) is 12.0.